The SMILES string of the molecule is O=C(NC1CC1c1ccccc1)N(CCO)C1CC1. The molecular weight excluding hydrogens is 240 g/mol. The molecule has 2 N–H and O–H groups in total. The molecule has 3 rings (SSSR count). The summed E-state index contributed by atoms with van der Waals surface area (Å²) in [6.45, 7) is 0.482. The van der Waals surface area contributed by atoms with E-state index >= 15 is 0 Å². The van der Waals surface area contributed by atoms with Crippen LogP contribution in [0.3, 0.4) is 0 Å². The molecule has 102 valence electrons. The number of urea groups is 1. The van der Waals surface area contributed by atoms with E-state index in [0.29, 0.717) is 18.5 Å². The molecule has 1 aromatic rings. The maximum Gasteiger partial charge on any atom is 0.317 e. The Morgan fingerprint density at radius 2 is 2.05 bits per heavy atom. The largest absolute Gasteiger partial charge is 0.395 e. The summed E-state index contributed by atoms with van der Waals surface area (Å²) in [5.41, 5.74) is 1.30. The molecule has 0 aromatic heterocycles. The molecule has 1 aromatic carbocycles. The lowest BCUT2D eigenvalue weighted by atomic mass is 10.1. The second-order valence-electron chi connectivity index (χ2n) is 5.46. The molecule has 0 saturated heterocycles. The lowest BCUT2D eigenvalue weighted by Crippen LogP contribution is -2.44. The summed E-state index contributed by atoms with van der Waals surface area (Å²) in [6, 6.07) is 10.9. The van der Waals surface area contributed by atoms with Crippen molar-refractivity contribution < 1.29 is 9.90 Å². The molecular formula is C15H20N2O2. The average Bonchev–Trinajstić information content (AvgIpc) is 3.31. The average molecular weight is 260 g/mol. The maximum absolute atomic E-state index is 12.1. The highest BCUT2D eigenvalue weighted by molar-refractivity contribution is 5.76. The topological polar surface area (TPSA) is 52.6 Å². The summed E-state index contributed by atoms with van der Waals surface area (Å²) >= 11 is 0. The Hall–Kier alpha value is -1.55. The minimum atomic E-state index is -0.0139. The number of amides is 2. The van der Waals surface area contributed by atoms with E-state index in [2.05, 4.69) is 17.4 Å². The number of aliphatic hydroxyl groups is 1. The number of hydrogen-bond donors (Lipinski definition) is 2. The van der Waals surface area contributed by atoms with Crippen LogP contribution in [0.1, 0.15) is 30.7 Å². The molecule has 0 bridgehead atoms. The fourth-order valence-electron chi connectivity index (χ4n) is 2.61. The molecule has 0 heterocycles. The first-order chi connectivity index (χ1) is 9.29. The van der Waals surface area contributed by atoms with Crippen LogP contribution in [0.5, 0.6) is 0 Å². The van der Waals surface area contributed by atoms with Gasteiger partial charge in [-0.3, -0.25) is 0 Å². The molecule has 2 fully saturated rings. The number of rotatable bonds is 5. The molecule has 2 atom stereocenters. The van der Waals surface area contributed by atoms with Crippen molar-refractivity contribution in [3.05, 3.63) is 35.9 Å². The Morgan fingerprint density at radius 1 is 1.32 bits per heavy atom. The van der Waals surface area contributed by atoms with Gasteiger partial charge < -0.3 is 15.3 Å². The van der Waals surface area contributed by atoms with Crippen molar-refractivity contribution in [2.45, 2.75) is 37.3 Å². The van der Waals surface area contributed by atoms with Gasteiger partial charge in [0.05, 0.1) is 6.61 Å². The molecule has 2 aliphatic carbocycles. The Balaban J connectivity index is 1.54. The van der Waals surface area contributed by atoms with E-state index in [0.717, 1.165) is 19.3 Å². The van der Waals surface area contributed by atoms with Crippen LogP contribution in [0, 0.1) is 0 Å². The van der Waals surface area contributed by atoms with Gasteiger partial charge in [0.1, 0.15) is 0 Å². The molecule has 0 radical (unpaired) electrons. The molecule has 2 unspecified atom stereocenters. The molecule has 0 aliphatic heterocycles. The third kappa shape index (κ3) is 2.89. The Bertz CT molecular complexity index is 445. The van der Waals surface area contributed by atoms with Crippen LogP contribution >= 0.6 is 0 Å². The molecule has 2 saturated carbocycles. The molecule has 4 nitrogen and oxygen atoms in total. The van der Waals surface area contributed by atoms with Crippen LogP contribution in [0.4, 0.5) is 4.79 Å². The lowest BCUT2D eigenvalue weighted by Gasteiger charge is -2.21. The van der Waals surface area contributed by atoms with Gasteiger partial charge in [0.25, 0.3) is 0 Å². The van der Waals surface area contributed by atoms with Crippen molar-refractivity contribution in [1.29, 1.82) is 0 Å². The van der Waals surface area contributed by atoms with Crippen LogP contribution < -0.4 is 5.32 Å². The minimum absolute atomic E-state index is 0.0139. The van der Waals surface area contributed by atoms with Gasteiger partial charge in [-0.2, -0.15) is 0 Å². The predicted octanol–water partition coefficient (Wildman–Crippen LogP) is 1.71. The highest BCUT2D eigenvalue weighted by Gasteiger charge is 2.41. The number of carbonyl (C=O) groups is 1. The monoisotopic (exact) mass is 260 g/mol. The molecule has 4 heteroatoms. The highest BCUT2D eigenvalue weighted by atomic mass is 16.3. The molecule has 0 spiro atoms. The van der Waals surface area contributed by atoms with Gasteiger partial charge in [-0.1, -0.05) is 30.3 Å². The minimum Gasteiger partial charge on any atom is -0.395 e. The van der Waals surface area contributed by atoms with Crippen molar-refractivity contribution >= 4 is 6.03 Å². The van der Waals surface area contributed by atoms with Crippen molar-refractivity contribution in [2.75, 3.05) is 13.2 Å². The summed E-state index contributed by atoms with van der Waals surface area (Å²) in [5, 5.41) is 12.1. The maximum atomic E-state index is 12.1. The Morgan fingerprint density at radius 3 is 2.68 bits per heavy atom. The van der Waals surface area contributed by atoms with Crippen LogP contribution in [0.25, 0.3) is 0 Å². The summed E-state index contributed by atoms with van der Waals surface area (Å²) < 4.78 is 0. The van der Waals surface area contributed by atoms with E-state index in [-0.39, 0.29) is 18.7 Å². The predicted molar refractivity (Wildman–Crippen MR) is 72.9 cm³/mol. The first kappa shape index (κ1) is 12.5. The van der Waals surface area contributed by atoms with E-state index in [1.54, 1.807) is 4.90 Å². The van der Waals surface area contributed by atoms with E-state index in [4.69, 9.17) is 5.11 Å². The van der Waals surface area contributed by atoms with E-state index in [9.17, 15) is 4.79 Å². The van der Waals surface area contributed by atoms with Gasteiger partial charge >= 0.3 is 6.03 Å². The lowest BCUT2D eigenvalue weighted by molar-refractivity contribution is 0.173. The van der Waals surface area contributed by atoms with Gasteiger partial charge in [-0.15, -0.1) is 0 Å². The number of nitrogens with zero attached hydrogens (tertiary/aromatic N) is 1. The fraction of sp³-hybridized carbons (Fsp3) is 0.533. The normalized spacial score (nSPS) is 24.9. The zero-order valence-electron chi connectivity index (χ0n) is 11.0. The van der Waals surface area contributed by atoms with Gasteiger partial charge in [-0.05, 0) is 24.8 Å². The second kappa shape index (κ2) is 5.21. The Labute approximate surface area is 113 Å². The van der Waals surface area contributed by atoms with Crippen LogP contribution in [-0.2, 0) is 0 Å². The number of nitrogens with one attached hydrogen (secondary N) is 1. The number of aliphatic hydroxyl groups excluding tert-OH is 1. The first-order valence-electron chi connectivity index (χ1n) is 7.02. The van der Waals surface area contributed by atoms with Crippen molar-refractivity contribution in [3.8, 4) is 0 Å². The second-order valence-corrected chi connectivity index (χ2v) is 5.46. The number of hydrogen-bond acceptors (Lipinski definition) is 2. The zero-order chi connectivity index (χ0) is 13.2. The fourth-order valence-corrected chi connectivity index (χ4v) is 2.61. The van der Waals surface area contributed by atoms with Gasteiger partial charge in [0.2, 0.25) is 0 Å². The standard InChI is InChI=1S/C15H20N2O2/c18-9-8-17(12-6-7-12)15(19)16-14-10-13(14)11-4-2-1-3-5-11/h1-5,12-14,18H,6-10H2,(H,16,19). The van der Waals surface area contributed by atoms with Crippen LogP contribution in [0.2, 0.25) is 0 Å². The highest BCUT2D eigenvalue weighted by Crippen LogP contribution is 2.41. The molecule has 19 heavy (non-hydrogen) atoms. The van der Waals surface area contributed by atoms with Gasteiger partial charge in [0.15, 0.2) is 0 Å². The van der Waals surface area contributed by atoms with Gasteiger partial charge in [-0.25, -0.2) is 4.79 Å². The molecule has 2 amide bonds. The van der Waals surface area contributed by atoms with Crippen molar-refractivity contribution in [3.63, 3.8) is 0 Å². The van der Waals surface area contributed by atoms with Crippen molar-refractivity contribution in [1.82, 2.24) is 10.2 Å². The Kier molecular flexibility index (Phi) is 3.42. The third-order valence-electron chi connectivity index (χ3n) is 3.92. The zero-order valence-corrected chi connectivity index (χ0v) is 11.0. The molecule has 2 aliphatic rings. The van der Waals surface area contributed by atoms with Crippen LogP contribution in [-0.4, -0.2) is 41.3 Å². The van der Waals surface area contributed by atoms with Crippen molar-refractivity contribution in [2.24, 2.45) is 0 Å². The smallest absolute Gasteiger partial charge is 0.317 e. The van der Waals surface area contributed by atoms with E-state index < -0.39 is 0 Å². The summed E-state index contributed by atoms with van der Waals surface area (Å²) in [4.78, 5) is 13.9. The first-order valence-corrected chi connectivity index (χ1v) is 7.02. The summed E-state index contributed by atoms with van der Waals surface area (Å²) in [6.07, 6.45) is 3.16. The third-order valence-corrected chi connectivity index (χ3v) is 3.92. The van der Waals surface area contributed by atoms with Crippen LogP contribution in [0.15, 0.2) is 30.3 Å². The van der Waals surface area contributed by atoms with E-state index in [1.165, 1.54) is 5.56 Å². The summed E-state index contributed by atoms with van der Waals surface area (Å²) in [7, 11) is 0. The quantitative estimate of drug-likeness (QED) is 0.846. The van der Waals surface area contributed by atoms with Gasteiger partial charge in [0, 0.05) is 24.5 Å². The summed E-state index contributed by atoms with van der Waals surface area (Å²) in [5.74, 6) is 0.459. The van der Waals surface area contributed by atoms with E-state index in [1.807, 2.05) is 18.2 Å². The number of carbonyl (C=O) groups excluding carboxylic acids is 1. The number of benzene rings is 1.